The third-order valence-electron chi connectivity index (χ3n) is 15.8. The van der Waals surface area contributed by atoms with Crippen LogP contribution in [-0.4, -0.2) is 49.0 Å². The first-order valence-electron chi connectivity index (χ1n) is 21.1. The Morgan fingerprint density at radius 2 is 0.661 bits per heavy atom. The van der Waals surface area contributed by atoms with Crippen molar-refractivity contribution in [3.8, 4) is 44.5 Å². The van der Waals surface area contributed by atoms with Gasteiger partial charge in [0, 0.05) is 0 Å². The normalized spacial score (nSPS) is 24.5. The van der Waals surface area contributed by atoms with Gasteiger partial charge in [-0.15, -0.1) is 0 Å². The Balaban J connectivity index is 1.15. The van der Waals surface area contributed by atoms with E-state index < -0.39 is 82.1 Å². The molecule has 0 radical (unpaired) electrons. The lowest BCUT2D eigenvalue weighted by molar-refractivity contribution is -0.188. The predicted octanol–water partition coefficient (Wildman–Crippen LogP) is 11.9. The van der Waals surface area contributed by atoms with Crippen molar-refractivity contribution in [3.05, 3.63) is 107 Å². The van der Waals surface area contributed by atoms with Gasteiger partial charge in [0.05, 0.1) is 22.4 Å². The Morgan fingerprint density at radius 1 is 0.371 bits per heavy atom. The lowest BCUT2D eigenvalue weighted by Crippen LogP contribution is -2.53. The van der Waals surface area contributed by atoms with E-state index in [-0.39, 0.29) is 0 Å². The zero-order valence-corrected chi connectivity index (χ0v) is 36.1. The van der Waals surface area contributed by atoms with Crippen molar-refractivity contribution < 1.29 is 45.0 Å². The molecule has 2 fully saturated rings. The molecule has 2 atom stereocenters. The van der Waals surface area contributed by atoms with Crippen LogP contribution in [0.1, 0.15) is 91.5 Å². The summed E-state index contributed by atoms with van der Waals surface area (Å²) < 4.78 is 124. The first-order valence-corrected chi connectivity index (χ1v) is 21.1. The van der Waals surface area contributed by atoms with Crippen LogP contribution < -0.4 is 10.9 Å². The summed E-state index contributed by atoms with van der Waals surface area (Å²) in [5.74, 6) is 0. The molecule has 62 heavy (non-hydrogen) atoms. The van der Waals surface area contributed by atoms with E-state index >= 15 is 26.3 Å². The van der Waals surface area contributed by atoms with Crippen LogP contribution in [0.2, 0.25) is 0 Å². The molecule has 0 aromatic heterocycles. The predicted molar refractivity (Wildman–Crippen MR) is 233 cm³/mol. The molecule has 12 heteroatoms. The van der Waals surface area contributed by atoms with Gasteiger partial charge in [-0.3, -0.25) is 0 Å². The van der Waals surface area contributed by atoms with Crippen molar-refractivity contribution in [2.75, 3.05) is 0 Å². The lowest BCUT2D eigenvalue weighted by atomic mass is 9.57. The summed E-state index contributed by atoms with van der Waals surface area (Å²) in [4.78, 5) is 0. The Kier molecular flexibility index (Phi) is 7.61. The molecule has 11 rings (SSSR count). The minimum atomic E-state index is -5.00. The second kappa shape index (κ2) is 11.7. The summed E-state index contributed by atoms with van der Waals surface area (Å²) >= 11 is 0. The van der Waals surface area contributed by atoms with Gasteiger partial charge < -0.3 is 18.6 Å². The fourth-order valence-corrected chi connectivity index (χ4v) is 10.7. The summed E-state index contributed by atoms with van der Waals surface area (Å²) in [6.07, 6.45) is -10.0. The molecule has 6 aromatic rings. The number of rotatable bonds is 2. The highest BCUT2D eigenvalue weighted by atomic mass is 19.4. The molecule has 2 saturated heterocycles. The number of benzene rings is 6. The van der Waals surface area contributed by atoms with Gasteiger partial charge in [0.1, 0.15) is 10.8 Å². The molecule has 0 bridgehead atoms. The van der Waals surface area contributed by atoms with Crippen molar-refractivity contribution in [1.29, 1.82) is 0 Å². The first-order chi connectivity index (χ1) is 28.7. The zero-order chi connectivity index (χ0) is 44.3. The van der Waals surface area contributed by atoms with Crippen LogP contribution in [0.5, 0.6) is 0 Å². The summed E-state index contributed by atoms with van der Waals surface area (Å²) in [5, 5.41) is 3.07. The summed E-state index contributed by atoms with van der Waals surface area (Å²) in [6, 6.07) is 24.2. The minimum absolute atomic E-state index is 0.418. The molecule has 0 spiro atoms. The van der Waals surface area contributed by atoms with E-state index in [1.807, 2.05) is 116 Å². The molecule has 4 nitrogen and oxygen atoms in total. The van der Waals surface area contributed by atoms with Crippen LogP contribution in [0, 0.1) is 0 Å². The highest BCUT2D eigenvalue weighted by molar-refractivity contribution is 6.63. The van der Waals surface area contributed by atoms with Crippen molar-refractivity contribution in [1.82, 2.24) is 0 Å². The summed E-state index contributed by atoms with van der Waals surface area (Å²) in [6.45, 7) is 17.6. The van der Waals surface area contributed by atoms with E-state index in [1.165, 1.54) is 24.3 Å². The third-order valence-corrected chi connectivity index (χ3v) is 15.8. The molecule has 0 N–H and O–H groups in total. The van der Waals surface area contributed by atoms with Gasteiger partial charge >= 0.3 is 26.6 Å². The van der Waals surface area contributed by atoms with Gasteiger partial charge in [-0.2, -0.15) is 26.3 Å². The smallest absolute Gasteiger partial charge is 0.399 e. The fourth-order valence-electron chi connectivity index (χ4n) is 10.7. The van der Waals surface area contributed by atoms with Gasteiger partial charge in [-0.05, 0) is 193 Å². The van der Waals surface area contributed by atoms with Crippen LogP contribution in [0.25, 0.3) is 66.1 Å². The number of halogens is 6. The minimum Gasteiger partial charge on any atom is -0.399 e. The lowest BCUT2D eigenvalue weighted by Gasteiger charge is -2.48. The van der Waals surface area contributed by atoms with Crippen LogP contribution in [0.3, 0.4) is 0 Å². The monoisotopic (exact) mass is 844 g/mol. The van der Waals surface area contributed by atoms with Crippen molar-refractivity contribution in [2.24, 2.45) is 0 Å². The van der Waals surface area contributed by atoms with Crippen LogP contribution in [-0.2, 0) is 29.4 Å². The van der Waals surface area contributed by atoms with E-state index in [9.17, 15) is 0 Å². The molecule has 6 aromatic carbocycles. The first kappa shape index (κ1) is 40.2. The molecule has 2 unspecified atom stereocenters. The molecule has 0 saturated carbocycles. The molecule has 316 valence electrons. The SMILES string of the molecule is CC1(C)OB(c2cc3c4c(cccc4c2)-c2cc4c(cc2-3)C(C)(C(F)(F)F)c2cc3c(cc2C4(C)C(F)(F)F)-c2cc(B4OC(C)(C)C(C)(C)O4)cc4cccc-3c24)OC1(C)C. The average molecular weight is 845 g/mol. The topological polar surface area (TPSA) is 36.9 Å². The second-order valence-corrected chi connectivity index (χ2v) is 20.3. The Morgan fingerprint density at radius 3 is 0.952 bits per heavy atom. The van der Waals surface area contributed by atoms with Crippen molar-refractivity contribution in [3.63, 3.8) is 0 Å². The van der Waals surface area contributed by atoms with Crippen molar-refractivity contribution in [2.45, 2.75) is 115 Å². The van der Waals surface area contributed by atoms with Gasteiger partial charge in [0.2, 0.25) is 0 Å². The van der Waals surface area contributed by atoms with Gasteiger partial charge in [0.25, 0.3) is 0 Å². The number of hydrogen-bond donors (Lipinski definition) is 0. The molecule has 3 aliphatic carbocycles. The molecular weight excluding hydrogens is 800 g/mol. The summed E-state index contributed by atoms with van der Waals surface area (Å²) in [5.41, 5.74) is -4.29. The van der Waals surface area contributed by atoms with Crippen LogP contribution >= 0.6 is 0 Å². The molecule has 2 heterocycles. The quantitative estimate of drug-likeness (QED) is 0.128. The fraction of sp³-hybridized carbons (Fsp3) is 0.360. The summed E-state index contributed by atoms with van der Waals surface area (Å²) in [7, 11) is -1.54. The van der Waals surface area contributed by atoms with E-state index in [1.54, 1.807) is 0 Å². The number of alkyl halides is 6. The van der Waals surface area contributed by atoms with E-state index in [4.69, 9.17) is 18.6 Å². The third kappa shape index (κ3) is 4.87. The highest BCUT2D eigenvalue weighted by Gasteiger charge is 2.66. The largest absolute Gasteiger partial charge is 0.494 e. The molecule has 0 amide bonds. The van der Waals surface area contributed by atoms with Crippen molar-refractivity contribution >= 4 is 46.7 Å². The Bertz CT molecular complexity index is 2790. The number of hydrogen-bond acceptors (Lipinski definition) is 4. The number of fused-ring (bicyclic) bond motifs is 8. The van der Waals surface area contributed by atoms with E-state index in [0.29, 0.717) is 55.4 Å². The molecular formula is C50H44B2F6O4. The molecule has 5 aliphatic rings. The Hall–Kier alpha value is -4.61. The average Bonchev–Trinajstić information content (AvgIpc) is 3.82. The van der Waals surface area contributed by atoms with Crippen LogP contribution in [0.4, 0.5) is 26.3 Å². The van der Waals surface area contributed by atoms with E-state index in [0.717, 1.165) is 35.4 Å². The van der Waals surface area contributed by atoms with Crippen LogP contribution in [0.15, 0.2) is 84.9 Å². The maximum absolute atomic E-state index is 16.3. The van der Waals surface area contributed by atoms with Gasteiger partial charge in [-0.25, -0.2) is 0 Å². The standard InChI is InChI=1S/C50H44B2F6O4/c1-43(2)44(3,4)60-51(59-43)27-17-25-13-11-15-29-31-21-37-39(23-33(31)35(19-27)41(25)29)47(9,49(53,54)55)38-22-32-30-16-12-14-26-18-28(52-61-45(5,6)46(7,8)62-52)20-36(42(26)30)34(32)24-40(38)48(37,10)50(56,57)58/h11-24H,1-10H3. The maximum Gasteiger partial charge on any atom is 0.494 e. The maximum atomic E-state index is 16.3. The van der Waals surface area contributed by atoms with E-state index in [2.05, 4.69) is 0 Å². The highest BCUT2D eigenvalue weighted by Crippen LogP contribution is 2.64. The molecule has 2 aliphatic heterocycles. The van der Waals surface area contributed by atoms with Gasteiger partial charge in [-0.1, -0.05) is 60.7 Å². The zero-order valence-electron chi connectivity index (χ0n) is 36.1. The Labute approximate surface area is 357 Å². The van der Waals surface area contributed by atoms with Gasteiger partial charge in [0.15, 0.2) is 0 Å². The second-order valence-electron chi connectivity index (χ2n) is 20.3.